The first-order valence-electron chi connectivity index (χ1n) is 9.31. The van der Waals surface area contributed by atoms with Crippen molar-refractivity contribution in [3.63, 3.8) is 0 Å². The second kappa shape index (κ2) is 8.12. The first-order chi connectivity index (χ1) is 12.0. The van der Waals surface area contributed by atoms with Crippen LogP contribution in [0.25, 0.3) is 0 Å². The van der Waals surface area contributed by atoms with E-state index in [9.17, 15) is 18.3 Å². The largest absolute Gasteiger partial charge is 0.522 e. The van der Waals surface area contributed by atoms with Crippen molar-refractivity contribution in [3.8, 4) is 0 Å². The third-order valence-electron chi connectivity index (χ3n) is 5.60. The third kappa shape index (κ3) is 4.97. The molecular weight excluding hydrogens is 349 g/mol. The number of hydrogen-bond donors (Lipinski definition) is 2. The van der Waals surface area contributed by atoms with Gasteiger partial charge >= 0.3 is 6.36 Å². The molecule has 0 amide bonds. The van der Waals surface area contributed by atoms with E-state index in [0.717, 1.165) is 0 Å². The minimum atomic E-state index is -4.63. The monoisotopic (exact) mass is 380 g/mol. The second-order valence-electron chi connectivity index (χ2n) is 8.13. The van der Waals surface area contributed by atoms with Crippen molar-refractivity contribution in [2.45, 2.75) is 83.2 Å². The van der Waals surface area contributed by atoms with Gasteiger partial charge in [0.05, 0.1) is 24.5 Å². The zero-order valence-corrected chi connectivity index (χ0v) is 16.0. The maximum atomic E-state index is 12.5. The quantitative estimate of drug-likeness (QED) is 0.742. The molecule has 5 nitrogen and oxygen atoms in total. The Bertz CT molecular complexity index is 497. The number of alkyl halides is 3. The molecule has 1 aliphatic heterocycles. The van der Waals surface area contributed by atoms with Gasteiger partial charge in [-0.15, -0.1) is 13.2 Å². The van der Waals surface area contributed by atoms with E-state index in [2.05, 4.69) is 15.0 Å². The molecule has 2 N–H and O–H groups in total. The highest BCUT2D eigenvalue weighted by atomic mass is 19.4. The zero-order valence-electron chi connectivity index (χ0n) is 16.0. The fraction of sp³-hybridized carbons (Fsp3) is 0.944. The fourth-order valence-corrected chi connectivity index (χ4v) is 4.37. The van der Waals surface area contributed by atoms with E-state index in [1.807, 2.05) is 27.7 Å². The molecule has 0 radical (unpaired) electrons. The van der Waals surface area contributed by atoms with Crippen LogP contribution in [0.3, 0.4) is 0 Å². The van der Waals surface area contributed by atoms with Crippen LogP contribution in [-0.4, -0.2) is 54.3 Å². The molecule has 152 valence electrons. The van der Waals surface area contributed by atoms with Gasteiger partial charge < -0.3 is 9.84 Å². The van der Waals surface area contributed by atoms with E-state index < -0.39 is 23.7 Å². The summed E-state index contributed by atoms with van der Waals surface area (Å²) in [5.41, 5.74) is -2.16. The summed E-state index contributed by atoms with van der Waals surface area (Å²) in [4.78, 5) is 4.22. The number of rotatable bonds is 6. The smallest absolute Gasteiger partial charge is 0.386 e. The van der Waals surface area contributed by atoms with E-state index in [0.29, 0.717) is 32.5 Å². The number of aliphatic hydroxyl groups is 1. The van der Waals surface area contributed by atoms with E-state index in [1.165, 1.54) is 0 Å². The predicted molar refractivity (Wildman–Crippen MR) is 93.0 cm³/mol. The summed E-state index contributed by atoms with van der Waals surface area (Å²) in [6, 6.07) is 0. The molecule has 4 unspecified atom stereocenters. The number of nitrogens with one attached hydrogen (secondary N) is 1. The molecule has 2 rings (SSSR count). The Morgan fingerprint density at radius 2 is 1.77 bits per heavy atom. The van der Waals surface area contributed by atoms with E-state index in [1.54, 1.807) is 6.21 Å². The van der Waals surface area contributed by atoms with Crippen LogP contribution in [0.2, 0.25) is 0 Å². The van der Waals surface area contributed by atoms with Gasteiger partial charge in [0.2, 0.25) is 0 Å². The SMILES string of the molecule is CC(C)C(O)(C1C=NCNC1)C(C)(C)OC1CCCC(OC(F)(F)F)C1. The maximum absolute atomic E-state index is 12.5. The van der Waals surface area contributed by atoms with Crippen molar-refractivity contribution in [1.82, 2.24) is 5.32 Å². The Labute approximate surface area is 153 Å². The Morgan fingerprint density at radius 3 is 2.27 bits per heavy atom. The number of nitrogens with zero attached hydrogens (tertiary/aromatic N) is 1. The van der Waals surface area contributed by atoms with Gasteiger partial charge in [-0.1, -0.05) is 13.8 Å². The Balaban J connectivity index is 2.11. The van der Waals surface area contributed by atoms with Crippen molar-refractivity contribution >= 4 is 6.21 Å². The van der Waals surface area contributed by atoms with Crippen molar-refractivity contribution < 1.29 is 27.8 Å². The average Bonchev–Trinajstić information content (AvgIpc) is 2.52. The van der Waals surface area contributed by atoms with E-state index in [-0.39, 0.29) is 24.4 Å². The van der Waals surface area contributed by atoms with Crippen LogP contribution in [0.5, 0.6) is 0 Å². The molecule has 26 heavy (non-hydrogen) atoms. The van der Waals surface area contributed by atoms with Gasteiger partial charge in [-0.05, 0) is 39.0 Å². The lowest BCUT2D eigenvalue weighted by atomic mass is 9.68. The molecule has 0 aromatic heterocycles. The molecule has 4 atom stereocenters. The summed E-state index contributed by atoms with van der Waals surface area (Å²) >= 11 is 0. The molecule has 0 aromatic carbocycles. The van der Waals surface area contributed by atoms with Crippen molar-refractivity contribution in [2.24, 2.45) is 16.8 Å². The van der Waals surface area contributed by atoms with Gasteiger partial charge in [0.1, 0.15) is 5.60 Å². The Morgan fingerprint density at radius 1 is 1.15 bits per heavy atom. The summed E-state index contributed by atoms with van der Waals surface area (Å²) < 4.78 is 48.0. The molecule has 1 aliphatic carbocycles. The minimum Gasteiger partial charge on any atom is -0.386 e. The lowest BCUT2D eigenvalue weighted by Crippen LogP contribution is -2.64. The second-order valence-corrected chi connectivity index (χ2v) is 8.13. The topological polar surface area (TPSA) is 63.1 Å². The lowest BCUT2D eigenvalue weighted by Gasteiger charge is -2.51. The summed E-state index contributed by atoms with van der Waals surface area (Å²) in [5.74, 6) is -0.364. The molecule has 2 aliphatic rings. The average molecular weight is 380 g/mol. The Kier molecular flexibility index (Phi) is 6.75. The predicted octanol–water partition coefficient (Wildman–Crippen LogP) is 3.26. The first-order valence-corrected chi connectivity index (χ1v) is 9.31. The van der Waals surface area contributed by atoms with Crippen LogP contribution in [0.1, 0.15) is 53.4 Å². The van der Waals surface area contributed by atoms with Crippen LogP contribution in [0, 0.1) is 11.8 Å². The molecule has 0 spiro atoms. The fourth-order valence-electron chi connectivity index (χ4n) is 4.37. The maximum Gasteiger partial charge on any atom is 0.522 e. The van der Waals surface area contributed by atoms with Crippen LogP contribution in [-0.2, 0) is 9.47 Å². The highest BCUT2D eigenvalue weighted by molar-refractivity contribution is 5.64. The summed E-state index contributed by atoms with van der Waals surface area (Å²) in [6.07, 6.45) is -2.34. The van der Waals surface area contributed by atoms with Crippen LogP contribution in [0.4, 0.5) is 13.2 Å². The summed E-state index contributed by atoms with van der Waals surface area (Å²) in [5, 5.41) is 14.7. The molecule has 8 heteroatoms. The van der Waals surface area contributed by atoms with Crippen LogP contribution >= 0.6 is 0 Å². The molecule has 0 aromatic rings. The zero-order chi connectivity index (χ0) is 19.6. The van der Waals surface area contributed by atoms with Gasteiger partial charge in [-0.3, -0.25) is 15.0 Å². The molecule has 1 heterocycles. The standard InChI is InChI=1S/C18H31F3N2O3/c1-12(2)17(24,13-9-22-11-23-10-13)16(3,4)25-14-6-5-7-15(8-14)26-18(19,20)21/h9,12-15,23-24H,5-8,10-11H2,1-4H3. The molecule has 0 bridgehead atoms. The van der Waals surface area contributed by atoms with Crippen molar-refractivity contribution in [1.29, 1.82) is 0 Å². The first kappa shape index (κ1) is 21.6. The minimum absolute atomic E-state index is 0.125. The lowest BCUT2D eigenvalue weighted by molar-refractivity contribution is -0.349. The molecule has 1 saturated carbocycles. The van der Waals surface area contributed by atoms with Gasteiger partial charge in [-0.2, -0.15) is 0 Å². The summed E-state index contributed by atoms with van der Waals surface area (Å²) in [6.45, 7) is 8.56. The Hall–Kier alpha value is -0.700. The third-order valence-corrected chi connectivity index (χ3v) is 5.60. The normalized spacial score (nSPS) is 30.4. The van der Waals surface area contributed by atoms with Gasteiger partial charge in [0.15, 0.2) is 0 Å². The van der Waals surface area contributed by atoms with E-state index in [4.69, 9.17) is 4.74 Å². The van der Waals surface area contributed by atoms with Crippen molar-refractivity contribution in [2.75, 3.05) is 13.2 Å². The highest BCUT2D eigenvalue weighted by Crippen LogP contribution is 2.41. The number of hydrogen-bond acceptors (Lipinski definition) is 5. The van der Waals surface area contributed by atoms with Gasteiger partial charge in [-0.25, -0.2) is 0 Å². The molecule has 0 saturated heterocycles. The van der Waals surface area contributed by atoms with Gasteiger partial charge in [0, 0.05) is 25.1 Å². The highest BCUT2D eigenvalue weighted by Gasteiger charge is 2.53. The number of ether oxygens (including phenoxy) is 2. The van der Waals surface area contributed by atoms with Gasteiger partial charge in [0.25, 0.3) is 0 Å². The molecular formula is C18H31F3N2O3. The van der Waals surface area contributed by atoms with Crippen LogP contribution < -0.4 is 5.32 Å². The molecule has 1 fully saturated rings. The number of halogens is 3. The number of aliphatic imine (C=N–C) groups is 1. The summed E-state index contributed by atoms with van der Waals surface area (Å²) in [7, 11) is 0. The van der Waals surface area contributed by atoms with Crippen LogP contribution in [0.15, 0.2) is 4.99 Å². The van der Waals surface area contributed by atoms with Crippen molar-refractivity contribution in [3.05, 3.63) is 0 Å². The van der Waals surface area contributed by atoms with E-state index >= 15 is 0 Å².